The number of carbonyl (C=O) groups is 1. The molecule has 0 saturated heterocycles. The Bertz CT molecular complexity index is 858. The first-order chi connectivity index (χ1) is 11.9. The van der Waals surface area contributed by atoms with Crippen molar-refractivity contribution in [3.05, 3.63) is 59.4 Å². The van der Waals surface area contributed by atoms with E-state index in [-0.39, 0.29) is 12.4 Å². The minimum atomic E-state index is -1.78. The number of hydrogen-bond donors (Lipinski definition) is 1. The summed E-state index contributed by atoms with van der Waals surface area (Å²) in [4.78, 5) is 14.2. The van der Waals surface area contributed by atoms with E-state index in [1.54, 1.807) is 24.3 Å². The summed E-state index contributed by atoms with van der Waals surface area (Å²) >= 11 is 0. The molecule has 0 bridgehead atoms. The lowest BCUT2D eigenvalue weighted by Gasteiger charge is -2.28. The van der Waals surface area contributed by atoms with Gasteiger partial charge in [0.2, 0.25) is 0 Å². The summed E-state index contributed by atoms with van der Waals surface area (Å²) in [6.07, 6.45) is 0.561. The fourth-order valence-electron chi connectivity index (χ4n) is 2.88. The highest BCUT2D eigenvalue weighted by Crippen LogP contribution is 2.32. The van der Waals surface area contributed by atoms with Crippen molar-refractivity contribution >= 4 is 11.6 Å². The number of amides is 1. The van der Waals surface area contributed by atoms with Crippen molar-refractivity contribution in [1.82, 2.24) is 0 Å². The highest BCUT2D eigenvalue weighted by atomic mass is 19.1. The molecule has 128 valence electrons. The molecule has 0 radical (unpaired) electrons. The Balaban J connectivity index is 1.76. The van der Waals surface area contributed by atoms with Gasteiger partial charge in [-0.05, 0) is 43.2 Å². The smallest absolute Gasteiger partial charge is 0.262 e. The van der Waals surface area contributed by atoms with Crippen LogP contribution in [-0.4, -0.2) is 29.8 Å². The molecular formula is C19H17FN2O3. The second-order valence-corrected chi connectivity index (χ2v) is 6.14. The number of aliphatic hydroxyl groups is 1. The maximum absolute atomic E-state index is 13.2. The Kier molecular flexibility index (Phi) is 4.43. The van der Waals surface area contributed by atoms with E-state index in [9.17, 15) is 14.3 Å². The third-order valence-corrected chi connectivity index (χ3v) is 4.17. The summed E-state index contributed by atoms with van der Waals surface area (Å²) in [6.45, 7) is 1.45. The zero-order chi connectivity index (χ0) is 18.0. The average molecular weight is 340 g/mol. The molecule has 3 rings (SSSR count). The number of benzene rings is 2. The van der Waals surface area contributed by atoms with E-state index in [1.807, 2.05) is 0 Å². The standard InChI is InChI=1S/C19H17FN2O3/c1-19(24,12-25-15-6-3-5-14(20)10-15)18(23)22-9-8-16-13(11-21)4-2-7-17(16)22/h2-7,10,24H,8-9,12H2,1H3/t19-/m0/s1. The lowest BCUT2D eigenvalue weighted by Crippen LogP contribution is -2.50. The van der Waals surface area contributed by atoms with Crippen LogP contribution in [0, 0.1) is 17.1 Å². The molecule has 2 aromatic carbocycles. The predicted octanol–water partition coefficient (Wildman–Crippen LogP) is 2.42. The van der Waals surface area contributed by atoms with Crippen molar-refractivity contribution in [2.45, 2.75) is 18.9 Å². The molecule has 1 amide bonds. The molecule has 0 spiro atoms. The van der Waals surface area contributed by atoms with Crippen LogP contribution in [-0.2, 0) is 11.2 Å². The van der Waals surface area contributed by atoms with Crippen molar-refractivity contribution < 1.29 is 19.0 Å². The van der Waals surface area contributed by atoms with Gasteiger partial charge >= 0.3 is 0 Å². The van der Waals surface area contributed by atoms with Gasteiger partial charge in [0, 0.05) is 18.3 Å². The first-order valence-electron chi connectivity index (χ1n) is 7.87. The van der Waals surface area contributed by atoms with E-state index in [0.717, 1.165) is 5.56 Å². The number of fused-ring (bicyclic) bond motifs is 1. The van der Waals surface area contributed by atoms with E-state index in [4.69, 9.17) is 10.00 Å². The molecule has 6 heteroatoms. The van der Waals surface area contributed by atoms with Crippen LogP contribution in [0.2, 0.25) is 0 Å². The van der Waals surface area contributed by atoms with Crippen LogP contribution < -0.4 is 9.64 Å². The highest BCUT2D eigenvalue weighted by molar-refractivity contribution is 6.01. The van der Waals surface area contributed by atoms with Gasteiger partial charge in [-0.15, -0.1) is 0 Å². The summed E-state index contributed by atoms with van der Waals surface area (Å²) in [5.74, 6) is -0.736. The van der Waals surface area contributed by atoms with E-state index in [0.29, 0.717) is 24.2 Å². The third-order valence-electron chi connectivity index (χ3n) is 4.17. The van der Waals surface area contributed by atoms with Gasteiger partial charge in [-0.2, -0.15) is 5.26 Å². The van der Waals surface area contributed by atoms with E-state index in [2.05, 4.69) is 6.07 Å². The van der Waals surface area contributed by atoms with Crippen molar-refractivity contribution in [3.63, 3.8) is 0 Å². The van der Waals surface area contributed by atoms with Gasteiger partial charge in [-0.3, -0.25) is 4.79 Å². The number of nitriles is 1. The Hall–Kier alpha value is -2.91. The maximum atomic E-state index is 13.2. The van der Waals surface area contributed by atoms with Gasteiger partial charge in [0.25, 0.3) is 5.91 Å². The number of nitrogens with zero attached hydrogens (tertiary/aromatic N) is 2. The highest BCUT2D eigenvalue weighted by Gasteiger charge is 2.39. The van der Waals surface area contributed by atoms with Crippen LogP contribution in [0.1, 0.15) is 18.1 Å². The summed E-state index contributed by atoms with van der Waals surface area (Å²) < 4.78 is 18.6. The van der Waals surface area contributed by atoms with Gasteiger partial charge in [0.05, 0.1) is 11.6 Å². The van der Waals surface area contributed by atoms with Gasteiger partial charge < -0.3 is 14.7 Å². The number of ether oxygens (including phenoxy) is 1. The molecule has 0 saturated carbocycles. The van der Waals surface area contributed by atoms with Crippen molar-refractivity contribution in [1.29, 1.82) is 5.26 Å². The maximum Gasteiger partial charge on any atom is 0.262 e. The van der Waals surface area contributed by atoms with Crippen molar-refractivity contribution in [2.24, 2.45) is 0 Å². The summed E-state index contributed by atoms with van der Waals surface area (Å²) in [5.41, 5.74) is 0.190. The van der Waals surface area contributed by atoms with Crippen LogP contribution in [0.5, 0.6) is 5.75 Å². The van der Waals surface area contributed by atoms with Gasteiger partial charge in [-0.25, -0.2) is 4.39 Å². The van der Waals surface area contributed by atoms with E-state index in [1.165, 1.54) is 30.0 Å². The molecule has 1 N–H and O–H groups in total. The molecule has 0 unspecified atom stereocenters. The number of halogens is 1. The molecule has 25 heavy (non-hydrogen) atoms. The largest absolute Gasteiger partial charge is 0.490 e. The molecular weight excluding hydrogens is 323 g/mol. The zero-order valence-corrected chi connectivity index (χ0v) is 13.7. The number of rotatable bonds is 4. The monoisotopic (exact) mass is 340 g/mol. The lowest BCUT2D eigenvalue weighted by molar-refractivity contribution is -0.137. The Morgan fingerprint density at radius 1 is 1.40 bits per heavy atom. The van der Waals surface area contributed by atoms with Crippen LogP contribution in [0.4, 0.5) is 10.1 Å². The quantitative estimate of drug-likeness (QED) is 0.928. The predicted molar refractivity (Wildman–Crippen MR) is 89.7 cm³/mol. The Labute approximate surface area is 144 Å². The summed E-state index contributed by atoms with van der Waals surface area (Å²) in [5, 5.41) is 19.7. The van der Waals surface area contributed by atoms with Crippen molar-refractivity contribution in [3.8, 4) is 11.8 Å². The van der Waals surface area contributed by atoms with Crippen LogP contribution in [0.25, 0.3) is 0 Å². The van der Waals surface area contributed by atoms with Crippen LogP contribution >= 0.6 is 0 Å². The topological polar surface area (TPSA) is 73.6 Å². The molecule has 0 fully saturated rings. The van der Waals surface area contributed by atoms with E-state index < -0.39 is 17.3 Å². The molecule has 2 aromatic rings. The van der Waals surface area contributed by atoms with Crippen LogP contribution in [0.15, 0.2) is 42.5 Å². The molecule has 1 aliphatic heterocycles. The lowest BCUT2D eigenvalue weighted by atomic mass is 10.0. The minimum absolute atomic E-state index is 0.238. The fraction of sp³-hybridized carbons (Fsp3) is 0.263. The Morgan fingerprint density at radius 2 is 2.16 bits per heavy atom. The molecule has 1 aliphatic rings. The number of carbonyl (C=O) groups excluding carboxylic acids is 1. The zero-order valence-electron chi connectivity index (χ0n) is 13.7. The first kappa shape index (κ1) is 16.9. The molecule has 5 nitrogen and oxygen atoms in total. The second-order valence-electron chi connectivity index (χ2n) is 6.14. The average Bonchev–Trinajstić information content (AvgIpc) is 3.03. The Morgan fingerprint density at radius 3 is 2.88 bits per heavy atom. The van der Waals surface area contributed by atoms with Gasteiger partial charge in [0.1, 0.15) is 18.2 Å². The molecule has 0 aliphatic carbocycles. The van der Waals surface area contributed by atoms with Crippen LogP contribution in [0.3, 0.4) is 0 Å². The molecule has 1 atom stereocenters. The van der Waals surface area contributed by atoms with Crippen molar-refractivity contribution in [2.75, 3.05) is 18.1 Å². The minimum Gasteiger partial charge on any atom is -0.490 e. The fourth-order valence-corrected chi connectivity index (χ4v) is 2.88. The third kappa shape index (κ3) is 3.32. The normalized spacial score (nSPS) is 15.2. The number of hydrogen-bond acceptors (Lipinski definition) is 4. The summed E-state index contributed by atoms with van der Waals surface area (Å²) in [7, 11) is 0. The SMILES string of the molecule is C[C@](O)(COc1cccc(F)c1)C(=O)N1CCc2c(C#N)cccc21. The van der Waals surface area contributed by atoms with Gasteiger partial charge in [0.15, 0.2) is 5.60 Å². The van der Waals surface area contributed by atoms with Gasteiger partial charge in [-0.1, -0.05) is 12.1 Å². The molecule has 1 heterocycles. The first-order valence-corrected chi connectivity index (χ1v) is 7.87. The number of anilines is 1. The summed E-state index contributed by atoms with van der Waals surface area (Å²) in [6, 6.07) is 12.8. The van der Waals surface area contributed by atoms with E-state index >= 15 is 0 Å². The molecule has 0 aromatic heterocycles. The second kappa shape index (κ2) is 6.54.